The topological polar surface area (TPSA) is 40.5 Å². The van der Waals surface area contributed by atoms with E-state index >= 15 is 0 Å². The van der Waals surface area contributed by atoms with Crippen LogP contribution in [0.3, 0.4) is 0 Å². The fourth-order valence-corrected chi connectivity index (χ4v) is 3.56. The van der Waals surface area contributed by atoms with Gasteiger partial charge in [0.15, 0.2) is 0 Å². The van der Waals surface area contributed by atoms with Gasteiger partial charge in [-0.25, -0.2) is 0 Å². The molecule has 16 heavy (non-hydrogen) atoms. The number of hydrogen-bond donors (Lipinski definition) is 1. The summed E-state index contributed by atoms with van der Waals surface area (Å²) in [6.45, 7) is 2.55. The summed E-state index contributed by atoms with van der Waals surface area (Å²) in [6.07, 6.45) is 1.80. The number of carboxylic acids is 1. The monoisotopic (exact) mass is 303 g/mol. The predicted molar refractivity (Wildman–Crippen MR) is 67.7 cm³/mol. The van der Waals surface area contributed by atoms with Gasteiger partial charge < -0.3 is 5.11 Å². The number of carboxylic acid groups (broad SMARTS) is 1. The number of nitrogens with zero attached hydrogens (tertiary/aromatic N) is 1. The molecular formula is C11H14BrNO2S. The van der Waals surface area contributed by atoms with E-state index in [1.54, 1.807) is 11.3 Å². The summed E-state index contributed by atoms with van der Waals surface area (Å²) in [5.74, 6) is -0.845. The number of carbonyl (C=O) groups is 1. The highest BCUT2D eigenvalue weighted by atomic mass is 79.9. The second-order valence-corrected chi connectivity index (χ2v) is 5.96. The van der Waals surface area contributed by atoms with Crippen LogP contribution in [-0.4, -0.2) is 29.1 Å². The molecule has 1 N–H and O–H groups in total. The van der Waals surface area contributed by atoms with Gasteiger partial charge in [0.05, 0.1) is 5.92 Å². The van der Waals surface area contributed by atoms with E-state index in [-0.39, 0.29) is 5.92 Å². The third-order valence-electron chi connectivity index (χ3n) is 2.91. The third kappa shape index (κ3) is 2.84. The Labute approximate surface area is 107 Å². The fraction of sp³-hybridized carbons (Fsp3) is 0.545. The van der Waals surface area contributed by atoms with Crippen molar-refractivity contribution in [1.82, 2.24) is 4.90 Å². The number of aliphatic carboxylic acids is 1. The minimum absolute atomic E-state index is 0.188. The summed E-state index contributed by atoms with van der Waals surface area (Å²) in [4.78, 5) is 14.5. The molecule has 1 saturated heterocycles. The van der Waals surface area contributed by atoms with Crippen molar-refractivity contribution in [2.75, 3.05) is 13.1 Å². The first kappa shape index (κ1) is 12.1. The zero-order chi connectivity index (χ0) is 11.5. The van der Waals surface area contributed by atoms with Gasteiger partial charge in [0.25, 0.3) is 0 Å². The molecule has 0 aromatic carbocycles. The van der Waals surface area contributed by atoms with E-state index in [0.717, 1.165) is 30.4 Å². The zero-order valence-corrected chi connectivity index (χ0v) is 11.3. The first-order valence-corrected chi connectivity index (χ1v) is 7.01. The molecule has 2 heterocycles. The van der Waals surface area contributed by atoms with Gasteiger partial charge in [-0.3, -0.25) is 9.69 Å². The lowest BCUT2D eigenvalue weighted by Crippen LogP contribution is -2.38. The Hall–Kier alpha value is -0.390. The normalized spacial score (nSPS) is 22.2. The summed E-state index contributed by atoms with van der Waals surface area (Å²) < 4.78 is 1.13. The SMILES string of the molecule is O=C(O)C1CCCN(Cc2sccc2Br)C1. The molecule has 5 heteroatoms. The Kier molecular flexibility index (Phi) is 4.00. The molecule has 0 radical (unpaired) electrons. The van der Waals surface area contributed by atoms with Crippen molar-refractivity contribution in [2.45, 2.75) is 19.4 Å². The largest absolute Gasteiger partial charge is 0.481 e. The highest BCUT2D eigenvalue weighted by Crippen LogP contribution is 2.26. The van der Waals surface area contributed by atoms with Gasteiger partial charge in [0, 0.05) is 22.4 Å². The van der Waals surface area contributed by atoms with Crippen LogP contribution in [0.15, 0.2) is 15.9 Å². The molecular weight excluding hydrogens is 290 g/mol. The van der Waals surface area contributed by atoms with Crippen molar-refractivity contribution in [2.24, 2.45) is 5.92 Å². The van der Waals surface area contributed by atoms with E-state index in [0.29, 0.717) is 6.54 Å². The third-order valence-corrected chi connectivity index (χ3v) is 4.82. The van der Waals surface area contributed by atoms with Gasteiger partial charge in [-0.15, -0.1) is 11.3 Å². The molecule has 0 saturated carbocycles. The second-order valence-electron chi connectivity index (χ2n) is 4.10. The van der Waals surface area contributed by atoms with Crippen molar-refractivity contribution in [3.05, 3.63) is 20.8 Å². The fourth-order valence-electron chi connectivity index (χ4n) is 2.04. The minimum Gasteiger partial charge on any atom is -0.481 e. The molecule has 0 bridgehead atoms. The molecule has 1 aliphatic rings. The molecule has 0 amide bonds. The van der Waals surface area contributed by atoms with Gasteiger partial charge in [-0.05, 0) is 46.8 Å². The van der Waals surface area contributed by atoms with Crippen LogP contribution < -0.4 is 0 Å². The summed E-state index contributed by atoms with van der Waals surface area (Å²) in [7, 11) is 0. The van der Waals surface area contributed by atoms with Gasteiger partial charge in [0.2, 0.25) is 0 Å². The average Bonchev–Trinajstić information content (AvgIpc) is 2.65. The van der Waals surface area contributed by atoms with Crippen molar-refractivity contribution in [3.63, 3.8) is 0 Å². The van der Waals surface area contributed by atoms with Crippen LogP contribution in [0.5, 0.6) is 0 Å². The second kappa shape index (κ2) is 5.29. The van der Waals surface area contributed by atoms with Crippen LogP contribution >= 0.6 is 27.3 Å². The Morgan fingerprint density at radius 1 is 1.69 bits per heavy atom. The van der Waals surface area contributed by atoms with E-state index in [1.165, 1.54) is 4.88 Å². The van der Waals surface area contributed by atoms with Crippen LogP contribution in [0, 0.1) is 5.92 Å². The molecule has 1 aromatic heterocycles. The van der Waals surface area contributed by atoms with Crippen LogP contribution in [0.2, 0.25) is 0 Å². The average molecular weight is 304 g/mol. The Bertz CT molecular complexity index is 380. The van der Waals surface area contributed by atoms with Crippen molar-refractivity contribution >= 4 is 33.2 Å². The molecule has 1 atom stereocenters. The number of rotatable bonds is 3. The van der Waals surface area contributed by atoms with Crippen LogP contribution in [-0.2, 0) is 11.3 Å². The Morgan fingerprint density at radius 2 is 2.50 bits per heavy atom. The standard InChI is InChI=1S/C11H14BrNO2S/c12-9-3-5-16-10(9)7-13-4-1-2-8(6-13)11(14)15/h3,5,8H,1-2,4,6-7H2,(H,14,15). The minimum atomic E-state index is -0.657. The van der Waals surface area contributed by atoms with Gasteiger partial charge in [0.1, 0.15) is 0 Å². The van der Waals surface area contributed by atoms with E-state index < -0.39 is 5.97 Å². The summed E-state index contributed by atoms with van der Waals surface area (Å²) in [5, 5.41) is 11.1. The van der Waals surface area contributed by atoms with E-state index in [4.69, 9.17) is 5.11 Å². The molecule has 1 aromatic rings. The number of piperidine rings is 1. The molecule has 1 aliphatic heterocycles. The summed E-state index contributed by atoms with van der Waals surface area (Å²) in [5.41, 5.74) is 0. The number of thiophene rings is 1. The first-order chi connectivity index (χ1) is 7.66. The molecule has 0 aliphatic carbocycles. The van der Waals surface area contributed by atoms with Gasteiger partial charge >= 0.3 is 5.97 Å². The van der Waals surface area contributed by atoms with Gasteiger partial charge in [-0.1, -0.05) is 0 Å². The maximum absolute atomic E-state index is 10.9. The maximum atomic E-state index is 10.9. The number of likely N-dealkylation sites (tertiary alicyclic amines) is 1. The van der Waals surface area contributed by atoms with E-state index in [9.17, 15) is 4.79 Å². The van der Waals surface area contributed by atoms with Gasteiger partial charge in [-0.2, -0.15) is 0 Å². The predicted octanol–water partition coefficient (Wildman–Crippen LogP) is 2.81. The van der Waals surface area contributed by atoms with E-state index in [2.05, 4.69) is 26.2 Å². The molecule has 1 fully saturated rings. The van der Waals surface area contributed by atoms with Crippen LogP contribution in [0.1, 0.15) is 17.7 Å². The van der Waals surface area contributed by atoms with Crippen LogP contribution in [0.4, 0.5) is 0 Å². The number of halogens is 1. The summed E-state index contributed by atoms with van der Waals surface area (Å²) >= 11 is 5.22. The Morgan fingerprint density at radius 3 is 3.12 bits per heavy atom. The molecule has 0 spiro atoms. The first-order valence-electron chi connectivity index (χ1n) is 5.34. The molecule has 2 rings (SSSR count). The highest BCUT2D eigenvalue weighted by Gasteiger charge is 2.25. The van der Waals surface area contributed by atoms with Crippen molar-refractivity contribution < 1.29 is 9.90 Å². The quantitative estimate of drug-likeness (QED) is 0.933. The van der Waals surface area contributed by atoms with Crippen LogP contribution in [0.25, 0.3) is 0 Å². The van der Waals surface area contributed by atoms with E-state index in [1.807, 2.05) is 6.07 Å². The maximum Gasteiger partial charge on any atom is 0.307 e. The van der Waals surface area contributed by atoms with Crippen molar-refractivity contribution in [3.8, 4) is 0 Å². The number of hydrogen-bond acceptors (Lipinski definition) is 3. The molecule has 1 unspecified atom stereocenters. The smallest absolute Gasteiger partial charge is 0.307 e. The highest BCUT2D eigenvalue weighted by molar-refractivity contribution is 9.10. The lowest BCUT2D eigenvalue weighted by Gasteiger charge is -2.30. The lowest BCUT2D eigenvalue weighted by atomic mass is 9.98. The van der Waals surface area contributed by atoms with Crippen molar-refractivity contribution in [1.29, 1.82) is 0 Å². The lowest BCUT2D eigenvalue weighted by molar-refractivity contribution is -0.143. The Balaban J connectivity index is 1.95. The zero-order valence-electron chi connectivity index (χ0n) is 8.86. The summed E-state index contributed by atoms with van der Waals surface area (Å²) in [6, 6.07) is 2.04. The molecule has 3 nitrogen and oxygen atoms in total. The molecule has 88 valence electrons.